The molecule has 2 aromatic carbocycles. The summed E-state index contributed by atoms with van der Waals surface area (Å²) in [7, 11) is 0. The van der Waals surface area contributed by atoms with Crippen LogP contribution in [-0.4, -0.2) is 23.9 Å². The molecule has 0 spiro atoms. The van der Waals surface area contributed by atoms with Crippen LogP contribution in [-0.2, 0) is 13.0 Å². The molecule has 4 nitrogen and oxygen atoms in total. The Bertz CT molecular complexity index is 924. The minimum Gasteiger partial charge on any atom is -0.468 e. The molecule has 27 heavy (non-hydrogen) atoms. The van der Waals surface area contributed by atoms with Crippen LogP contribution in [0.3, 0.4) is 0 Å². The number of amides is 1. The van der Waals surface area contributed by atoms with Crippen LogP contribution in [0.5, 0.6) is 0 Å². The second kappa shape index (κ2) is 8.11. The first kappa shape index (κ1) is 18.0. The molecule has 1 amide bonds. The van der Waals surface area contributed by atoms with Crippen molar-refractivity contribution in [3.63, 3.8) is 0 Å². The molecule has 0 saturated heterocycles. The number of carbonyl (C=O) groups excluding carboxylic acids is 1. The van der Waals surface area contributed by atoms with Gasteiger partial charge in [0.1, 0.15) is 5.76 Å². The van der Waals surface area contributed by atoms with E-state index in [-0.39, 0.29) is 11.9 Å². The highest BCUT2D eigenvalue weighted by Crippen LogP contribution is 2.28. The topological polar surface area (TPSA) is 45.5 Å². The lowest BCUT2D eigenvalue weighted by atomic mass is 9.98. The van der Waals surface area contributed by atoms with Crippen molar-refractivity contribution in [2.75, 3.05) is 13.1 Å². The molecule has 0 aliphatic carbocycles. The fourth-order valence-electron chi connectivity index (χ4n) is 3.60. The molecule has 1 N–H and O–H groups in total. The highest BCUT2D eigenvalue weighted by atomic mass is 79.9. The van der Waals surface area contributed by atoms with Crippen LogP contribution in [0.4, 0.5) is 0 Å². The van der Waals surface area contributed by atoms with E-state index in [0.29, 0.717) is 12.1 Å². The van der Waals surface area contributed by atoms with Gasteiger partial charge in [-0.05, 0) is 47.9 Å². The fraction of sp³-hybridized carbons (Fsp3) is 0.227. The maximum Gasteiger partial charge on any atom is 0.251 e. The van der Waals surface area contributed by atoms with Gasteiger partial charge in [0.25, 0.3) is 5.91 Å². The predicted molar refractivity (Wildman–Crippen MR) is 108 cm³/mol. The lowest BCUT2D eigenvalue weighted by molar-refractivity contribution is 0.0919. The van der Waals surface area contributed by atoms with Crippen molar-refractivity contribution in [2.24, 2.45) is 0 Å². The number of rotatable bonds is 5. The van der Waals surface area contributed by atoms with Crippen LogP contribution < -0.4 is 5.32 Å². The zero-order valence-electron chi connectivity index (χ0n) is 14.9. The van der Waals surface area contributed by atoms with Gasteiger partial charge in [0.05, 0.1) is 12.3 Å². The van der Waals surface area contributed by atoms with Gasteiger partial charge in [-0.2, -0.15) is 0 Å². The highest BCUT2D eigenvalue weighted by Gasteiger charge is 2.27. The van der Waals surface area contributed by atoms with E-state index in [1.165, 1.54) is 11.1 Å². The van der Waals surface area contributed by atoms with E-state index in [2.05, 4.69) is 50.4 Å². The SMILES string of the molecule is O=C(NC[C@H](c1ccco1)N1CCc2ccccc2C1)c1cccc(Br)c1. The van der Waals surface area contributed by atoms with Crippen molar-refractivity contribution in [1.29, 1.82) is 0 Å². The third kappa shape index (κ3) is 4.15. The van der Waals surface area contributed by atoms with Gasteiger partial charge in [-0.1, -0.05) is 46.3 Å². The van der Waals surface area contributed by atoms with Crippen molar-refractivity contribution < 1.29 is 9.21 Å². The van der Waals surface area contributed by atoms with Crippen molar-refractivity contribution in [3.05, 3.63) is 93.9 Å². The summed E-state index contributed by atoms with van der Waals surface area (Å²) in [5.74, 6) is 0.800. The molecule has 4 rings (SSSR count). The average molecular weight is 425 g/mol. The zero-order chi connectivity index (χ0) is 18.6. The largest absolute Gasteiger partial charge is 0.468 e. The quantitative estimate of drug-likeness (QED) is 0.652. The smallest absolute Gasteiger partial charge is 0.251 e. The van der Waals surface area contributed by atoms with E-state index in [4.69, 9.17) is 4.42 Å². The van der Waals surface area contributed by atoms with Gasteiger partial charge < -0.3 is 9.73 Å². The monoisotopic (exact) mass is 424 g/mol. The molecule has 1 aromatic heterocycles. The molecule has 0 unspecified atom stereocenters. The second-order valence-corrected chi connectivity index (χ2v) is 7.66. The Kier molecular flexibility index (Phi) is 5.41. The Morgan fingerprint density at radius 2 is 1.96 bits per heavy atom. The van der Waals surface area contributed by atoms with Gasteiger partial charge in [-0.25, -0.2) is 0 Å². The normalized spacial score (nSPS) is 15.1. The maximum atomic E-state index is 12.6. The van der Waals surface area contributed by atoms with Crippen molar-refractivity contribution in [3.8, 4) is 0 Å². The molecule has 3 aromatic rings. The molecule has 0 bridgehead atoms. The summed E-state index contributed by atoms with van der Waals surface area (Å²) < 4.78 is 6.59. The Hall–Kier alpha value is -2.37. The van der Waals surface area contributed by atoms with Crippen LogP contribution >= 0.6 is 15.9 Å². The summed E-state index contributed by atoms with van der Waals surface area (Å²) in [6, 6.07) is 19.9. The number of nitrogens with zero attached hydrogens (tertiary/aromatic N) is 1. The maximum absolute atomic E-state index is 12.6. The van der Waals surface area contributed by atoms with E-state index in [0.717, 1.165) is 29.7 Å². The van der Waals surface area contributed by atoms with Gasteiger partial charge in [0, 0.05) is 29.7 Å². The molecule has 1 aliphatic heterocycles. The lowest BCUT2D eigenvalue weighted by Crippen LogP contribution is -2.40. The van der Waals surface area contributed by atoms with E-state index < -0.39 is 0 Å². The van der Waals surface area contributed by atoms with Crippen LogP contribution in [0.1, 0.15) is 33.3 Å². The van der Waals surface area contributed by atoms with Crippen molar-refractivity contribution in [1.82, 2.24) is 10.2 Å². The van der Waals surface area contributed by atoms with E-state index in [1.807, 2.05) is 36.4 Å². The molecule has 0 fully saturated rings. The van der Waals surface area contributed by atoms with Gasteiger partial charge in [0.15, 0.2) is 0 Å². The number of benzene rings is 2. The molecule has 1 atom stereocenters. The molecule has 5 heteroatoms. The van der Waals surface area contributed by atoms with E-state index in [9.17, 15) is 4.79 Å². The van der Waals surface area contributed by atoms with Gasteiger partial charge in [-0.3, -0.25) is 9.69 Å². The molecule has 2 heterocycles. The molecule has 1 aliphatic rings. The summed E-state index contributed by atoms with van der Waals surface area (Å²) >= 11 is 3.42. The van der Waals surface area contributed by atoms with Gasteiger partial charge >= 0.3 is 0 Å². The van der Waals surface area contributed by atoms with Gasteiger partial charge in [0.2, 0.25) is 0 Å². The van der Waals surface area contributed by atoms with E-state index >= 15 is 0 Å². The van der Waals surface area contributed by atoms with Crippen LogP contribution in [0.2, 0.25) is 0 Å². The number of nitrogens with one attached hydrogen (secondary N) is 1. The number of furan rings is 1. The minimum absolute atomic E-state index is 0.00413. The Labute approximate surface area is 167 Å². The molecular formula is C22H21BrN2O2. The highest BCUT2D eigenvalue weighted by molar-refractivity contribution is 9.10. The Balaban J connectivity index is 1.50. The number of hydrogen-bond donors (Lipinski definition) is 1. The molecule has 0 saturated carbocycles. The third-order valence-electron chi connectivity index (χ3n) is 5.02. The Morgan fingerprint density at radius 1 is 1.11 bits per heavy atom. The summed E-state index contributed by atoms with van der Waals surface area (Å²) in [4.78, 5) is 14.9. The number of hydrogen-bond acceptors (Lipinski definition) is 3. The number of carbonyl (C=O) groups is 1. The van der Waals surface area contributed by atoms with Crippen LogP contribution in [0, 0.1) is 0 Å². The van der Waals surface area contributed by atoms with Crippen LogP contribution in [0.15, 0.2) is 75.8 Å². The van der Waals surface area contributed by atoms with Crippen molar-refractivity contribution >= 4 is 21.8 Å². The summed E-state index contributed by atoms with van der Waals surface area (Å²) in [6.07, 6.45) is 2.70. The fourth-order valence-corrected chi connectivity index (χ4v) is 3.99. The summed E-state index contributed by atoms with van der Waals surface area (Å²) in [5.41, 5.74) is 3.40. The first-order valence-electron chi connectivity index (χ1n) is 9.09. The summed E-state index contributed by atoms with van der Waals surface area (Å²) in [5, 5.41) is 3.07. The van der Waals surface area contributed by atoms with E-state index in [1.54, 1.807) is 6.26 Å². The second-order valence-electron chi connectivity index (χ2n) is 6.74. The predicted octanol–water partition coefficient (Wildman–Crippen LogP) is 4.57. The standard InChI is InChI=1S/C22H21BrN2O2/c23-19-8-3-7-17(13-19)22(26)24-14-20(21-9-4-12-27-21)25-11-10-16-5-1-2-6-18(16)15-25/h1-9,12-13,20H,10-11,14-15H2,(H,24,26)/t20-/m1/s1. The lowest BCUT2D eigenvalue weighted by Gasteiger charge is -2.34. The van der Waals surface area contributed by atoms with Crippen molar-refractivity contribution in [2.45, 2.75) is 19.0 Å². The Morgan fingerprint density at radius 3 is 2.74 bits per heavy atom. The third-order valence-corrected chi connectivity index (χ3v) is 5.51. The van der Waals surface area contributed by atoms with Crippen LogP contribution in [0.25, 0.3) is 0 Å². The van der Waals surface area contributed by atoms with Gasteiger partial charge in [-0.15, -0.1) is 0 Å². The first-order chi connectivity index (χ1) is 13.2. The minimum atomic E-state index is -0.0785. The first-order valence-corrected chi connectivity index (χ1v) is 9.88. The number of halogens is 1. The zero-order valence-corrected chi connectivity index (χ0v) is 16.5. The summed E-state index contributed by atoms with van der Waals surface area (Å²) in [6.45, 7) is 2.30. The molecule has 0 radical (unpaired) electrons. The molecular weight excluding hydrogens is 404 g/mol. The molecule has 138 valence electrons. The average Bonchev–Trinajstić information content (AvgIpc) is 3.22. The number of fused-ring (bicyclic) bond motifs is 1.